The lowest BCUT2D eigenvalue weighted by atomic mass is 10.1. The summed E-state index contributed by atoms with van der Waals surface area (Å²) >= 11 is 12.4. The van der Waals surface area contributed by atoms with Gasteiger partial charge in [-0.05, 0) is 30.2 Å². The van der Waals surface area contributed by atoms with Crippen molar-refractivity contribution in [2.45, 2.75) is 33.8 Å². The number of amides is 1. The lowest BCUT2D eigenvalue weighted by Gasteiger charge is -2.41. The average Bonchev–Trinajstić information content (AvgIpc) is 2.66. The van der Waals surface area contributed by atoms with Gasteiger partial charge < -0.3 is 20.1 Å². The number of halogens is 3. The Morgan fingerprint density at radius 3 is 2.37 bits per heavy atom. The van der Waals surface area contributed by atoms with Crippen molar-refractivity contribution in [2.75, 3.05) is 24.6 Å². The van der Waals surface area contributed by atoms with E-state index in [1.807, 2.05) is 32.0 Å². The first kappa shape index (κ1) is 24.1. The Labute approximate surface area is 186 Å². The van der Waals surface area contributed by atoms with E-state index in [0.717, 1.165) is 11.8 Å². The molecular weight excluding hydrogens is 430 g/mol. The van der Waals surface area contributed by atoms with Crippen molar-refractivity contribution >= 4 is 34.8 Å². The zero-order valence-electron chi connectivity index (χ0n) is 17.5. The van der Waals surface area contributed by atoms with Crippen LogP contribution in [-0.2, 0) is 0 Å². The summed E-state index contributed by atoms with van der Waals surface area (Å²) in [4.78, 5) is 13.2. The second kappa shape index (κ2) is 10.7. The number of rotatable bonds is 7. The molecule has 1 aliphatic heterocycles. The quantitative estimate of drug-likeness (QED) is 0.591. The summed E-state index contributed by atoms with van der Waals surface area (Å²) in [6.45, 7) is 9.94. The van der Waals surface area contributed by atoms with Crippen molar-refractivity contribution < 1.29 is 18.7 Å². The van der Waals surface area contributed by atoms with Crippen molar-refractivity contribution in [1.82, 2.24) is 0 Å². The van der Waals surface area contributed by atoms with E-state index in [2.05, 4.69) is 18.7 Å². The largest absolute Gasteiger partial charge is 0.492 e. The summed E-state index contributed by atoms with van der Waals surface area (Å²) in [7, 11) is 0. The Kier molecular flexibility index (Phi) is 8.62. The van der Waals surface area contributed by atoms with E-state index in [-0.39, 0.29) is 22.4 Å². The molecule has 2 aromatic carbocycles. The van der Waals surface area contributed by atoms with Crippen LogP contribution in [0.15, 0.2) is 30.3 Å². The Bertz CT molecular complexity index is 887. The number of nitrogens with zero attached hydrogens (tertiary/aromatic N) is 1. The number of hydrogen-bond donors (Lipinski definition) is 1. The highest BCUT2D eigenvalue weighted by Crippen LogP contribution is 2.34. The van der Waals surface area contributed by atoms with Crippen LogP contribution < -0.4 is 20.1 Å². The highest BCUT2D eigenvalue weighted by atomic mass is 35.5. The van der Waals surface area contributed by atoms with Gasteiger partial charge in [0.05, 0.1) is 35.3 Å². The molecule has 0 aliphatic carbocycles. The van der Waals surface area contributed by atoms with Gasteiger partial charge in [-0.2, -0.15) is 0 Å². The maximum Gasteiger partial charge on any atom is 0.251 e. The minimum Gasteiger partial charge on any atom is -0.492 e. The van der Waals surface area contributed by atoms with E-state index < -0.39 is 11.7 Å². The van der Waals surface area contributed by atoms with Crippen LogP contribution in [0.5, 0.6) is 11.5 Å². The second-order valence-corrected chi connectivity index (χ2v) is 7.91. The van der Waals surface area contributed by atoms with E-state index >= 15 is 0 Å². The van der Waals surface area contributed by atoms with Crippen molar-refractivity contribution in [3.63, 3.8) is 0 Å². The SMILES string of the molecule is CC.CC(C)COc1ccc(N2CC(Oc3cc(F)c(C(N)=O)cc3Cl)C2)cc1Cl. The zero-order chi connectivity index (χ0) is 22.4. The lowest BCUT2D eigenvalue weighted by Crippen LogP contribution is -2.54. The molecule has 8 heteroatoms. The molecule has 30 heavy (non-hydrogen) atoms. The molecule has 1 saturated heterocycles. The molecule has 2 aromatic rings. The minimum atomic E-state index is -0.876. The number of anilines is 1. The highest BCUT2D eigenvalue weighted by molar-refractivity contribution is 6.32. The molecular formula is C22H27Cl2FN2O3. The molecule has 3 rings (SSSR count). The van der Waals surface area contributed by atoms with E-state index in [9.17, 15) is 9.18 Å². The molecule has 0 unspecified atom stereocenters. The van der Waals surface area contributed by atoms with Crippen molar-refractivity contribution in [3.8, 4) is 11.5 Å². The topological polar surface area (TPSA) is 64.8 Å². The van der Waals surface area contributed by atoms with Crippen LogP contribution in [0, 0.1) is 11.7 Å². The fraction of sp³-hybridized carbons (Fsp3) is 0.409. The number of carbonyl (C=O) groups excluding carboxylic acids is 1. The summed E-state index contributed by atoms with van der Waals surface area (Å²) in [6, 6.07) is 7.90. The van der Waals surface area contributed by atoms with Crippen LogP contribution in [0.2, 0.25) is 10.0 Å². The molecule has 1 aliphatic rings. The van der Waals surface area contributed by atoms with E-state index in [1.165, 1.54) is 6.07 Å². The normalized spacial score (nSPS) is 13.4. The van der Waals surface area contributed by atoms with Gasteiger partial charge in [-0.3, -0.25) is 4.79 Å². The smallest absolute Gasteiger partial charge is 0.251 e. The number of benzene rings is 2. The molecule has 0 radical (unpaired) electrons. The number of hydrogen-bond acceptors (Lipinski definition) is 4. The maximum atomic E-state index is 13.9. The van der Waals surface area contributed by atoms with Crippen molar-refractivity contribution in [3.05, 3.63) is 51.8 Å². The number of carbonyl (C=O) groups is 1. The number of nitrogens with two attached hydrogens (primary N) is 1. The summed E-state index contributed by atoms with van der Waals surface area (Å²) in [6.07, 6.45) is -0.160. The minimum absolute atomic E-state index is 0.142. The highest BCUT2D eigenvalue weighted by Gasteiger charge is 2.30. The summed E-state index contributed by atoms with van der Waals surface area (Å²) in [5.41, 5.74) is 5.79. The van der Waals surface area contributed by atoms with Gasteiger partial charge >= 0.3 is 0 Å². The molecule has 2 N–H and O–H groups in total. The molecule has 0 bridgehead atoms. The van der Waals surface area contributed by atoms with Gasteiger partial charge in [-0.15, -0.1) is 0 Å². The first-order chi connectivity index (χ1) is 14.2. The van der Waals surface area contributed by atoms with Crippen LogP contribution in [0.3, 0.4) is 0 Å². The number of primary amides is 1. The van der Waals surface area contributed by atoms with E-state index in [4.69, 9.17) is 38.4 Å². The molecule has 1 heterocycles. The Hall–Kier alpha value is -2.18. The lowest BCUT2D eigenvalue weighted by molar-refractivity contribution is 0.0996. The number of ether oxygens (including phenoxy) is 2. The zero-order valence-corrected chi connectivity index (χ0v) is 19.1. The predicted molar refractivity (Wildman–Crippen MR) is 120 cm³/mol. The summed E-state index contributed by atoms with van der Waals surface area (Å²) in [5, 5.41) is 0.693. The van der Waals surface area contributed by atoms with Crippen LogP contribution >= 0.6 is 23.2 Å². The molecule has 0 spiro atoms. The van der Waals surface area contributed by atoms with Gasteiger partial charge in [0.2, 0.25) is 0 Å². The molecule has 1 amide bonds. The standard InChI is InChI=1S/C20H21Cl2FN2O3.C2H6/c1-11(2)10-27-18-4-3-12(5-15(18)21)25-8-13(9-25)28-19-7-17(23)14(20(24)26)6-16(19)22;1-2/h3-7,11,13H,8-10H2,1-2H3,(H2,24,26);1-2H3. The van der Waals surface area contributed by atoms with E-state index in [0.29, 0.717) is 36.4 Å². The Morgan fingerprint density at radius 1 is 1.17 bits per heavy atom. The third kappa shape index (κ3) is 5.92. The van der Waals surface area contributed by atoms with Gasteiger partial charge in [-0.25, -0.2) is 4.39 Å². The van der Waals surface area contributed by atoms with Crippen LogP contribution in [0.1, 0.15) is 38.1 Å². The Balaban J connectivity index is 0.00000155. The Morgan fingerprint density at radius 2 is 1.80 bits per heavy atom. The maximum absolute atomic E-state index is 13.9. The van der Waals surface area contributed by atoms with Gasteiger partial charge in [0.1, 0.15) is 23.4 Å². The molecule has 5 nitrogen and oxygen atoms in total. The van der Waals surface area contributed by atoms with Gasteiger partial charge in [-0.1, -0.05) is 50.9 Å². The van der Waals surface area contributed by atoms with Crippen LogP contribution in [-0.4, -0.2) is 31.7 Å². The molecule has 0 atom stereocenters. The summed E-state index contributed by atoms with van der Waals surface area (Å²) in [5.74, 6) is -0.378. The molecule has 1 fully saturated rings. The first-order valence-corrected chi connectivity index (χ1v) is 10.6. The molecule has 0 aromatic heterocycles. The van der Waals surface area contributed by atoms with E-state index in [1.54, 1.807) is 0 Å². The molecule has 0 saturated carbocycles. The van der Waals surface area contributed by atoms with Crippen LogP contribution in [0.4, 0.5) is 10.1 Å². The second-order valence-electron chi connectivity index (χ2n) is 7.09. The van der Waals surface area contributed by atoms with Crippen molar-refractivity contribution in [2.24, 2.45) is 11.7 Å². The van der Waals surface area contributed by atoms with Crippen LogP contribution in [0.25, 0.3) is 0 Å². The van der Waals surface area contributed by atoms with Gasteiger partial charge in [0, 0.05) is 11.8 Å². The monoisotopic (exact) mass is 456 g/mol. The molecule has 164 valence electrons. The van der Waals surface area contributed by atoms with Gasteiger partial charge in [0.15, 0.2) is 0 Å². The van der Waals surface area contributed by atoms with Gasteiger partial charge in [0.25, 0.3) is 5.91 Å². The average molecular weight is 457 g/mol. The predicted octanol–water partition coefficient (Wildman–Crippen LogP) is 5.56. The summed E-state index contributed by atoms with van der Waals surface area (Å²) < 4.78 is 25.3. The van der Waals surface area contributed by atoms with Crippen molar-refractivity contribution in [1.29, 1.82) is 0 Å². The third-order valence-corrected chi connectivity index (χ3v) is 4.87. The third-order valence-electron chi connectivity index (χ3n) is 4.28. The fourth-order valence-corrected chi connectivity index (χ4v) is 3.21. The fourth-order valence-electron chi connectivity index (χ4n) is 2.77. The first-order valence-electron chi connectivity index (χ1n) is 9.87.